The Labute approximate surface area is 87.9 Å². The van der Waals surface area contributed by atoms with Crippen molar-refractivity contribution in [1.29, 1.82) is 0 Å². The van der Waals surface area contributed by atoms with Gasteiger partial charge in [0.15, 0.2) is 0 Å². The van der Waals surface area contributed by atoms with E-state index in [0.29, 0.717) is 0 Å². The van der Waals surface area contributed by atoms with E-state index in [0.717, 1.165) is 0 Å². The molecule has 1 aromatic carbocycles. The Morgan fingerprint density at radius 3 is 2.67 bits per heavy atom. The molecule has 0 radical (unpaired) electrons. The Hall–Kier alpha value is -1.31. The molecule has 0 bridgehead atoms. The predicted octanol–water partition coefficient (Wildman–Crippen LogP) is -0.789. The smallest absolute Gasteiger partial charge is 0.242 e. The Bertz CT molecular complexity index is 444. The second-order valence-electron chi connectivity index (χ2n) is 2.88. The minimum atomic E-state index is -3.69. The maximum Gasteiger partial charge on any atom is 0.242 e. The fraction of sp³-hybridized carbons (Fsp3) is 0.250. The van der Waals surface area contributed by atoms with Crippen molar-refractivity contribution < 1.29 is 13.5 Å². The molecule has 0 aliphatic rings. The van der Waals surface area contributed by atoms with E-state index in [1.165, 1.54) is 18.2 Å². The molecule has 84 valence electrons. The van der Waals surface area contributed by atoms with Gasteiger partial charge in [0.05, 0.1) is 5.69 Å². The molecule has 0 aliphatic carbocycles. The first kappa shape index (κ1) is 11.8. The quantitative estimate of drug-likeness (QED) is 0.400. The number of hydrogen-bond donors (Lipinski definition) is 4. The molecule has 0 saturated carbocycles. The fourth-order valence-electron chi connectivity index (χ4n) is 1.04. The van der Waals surface area contributed by atoms with Crippen molar-refractivity contribution in [2.45, 2.75) is 4.90 Å². The van der Waals surface area contributed by atoms with Crippen molar-refractivity contribution in [2.24, 2.45) is 5.73 Å². The van der Waals surface area contributed by atoms with Crippen LogP contribution in [-0.2, 0) is 10.0 Å². The van der Waals surface area contributed by atoms with E-state index in [1.807, 2.05) is 0 Å². The molecule has 0 amide bonds. The van der Waals surface area contributed by atoms with E-state index in [-0.39, 0.29) is 29.4 Å². The third-order valence-electron chi connectivity index (χ3n) is 1.77. The summed E-state index contributed by atoms with van der Waals surface area (Å²) in [6.45, 7) is 0.315. The molecule has 0 spiro atoms. The Morgan fingerprint density at radius 1 is 1.40 bits per heavy atom. The van der Waals surface area contributed by atoms with Gasteiger partial charge in [0.2, 0.25) is 10.0 Å². The van der Waals surface area contributed by atoms with Gasteiger partial charge in [-0.3, -0.25) is 0 Å². The minimum Gasteiger partial charge on any atom is -0.506 e. The molecule has 0 aliphatic heterocycles. The molecule has 0 atom stereocenters. The summed E-state index contributed by atoms with van der Waals surface area (Å²) in [4.78, 5) is -0.143. The van der Waals surface area contributed by atoms with Gasteiger partial charge in [-0.05, 0) is 12.1 Å². The van der Waals surface area contributed by atoms with Crippen LogP contribution in [0.15, 0.2) is 23.1 Å². The number of para-hydroxylation sites is 1. The third kappa shape index (κ3) is 2.58. The Balaban J connectivity index is 3.10. The number of hydrogen-bond acceptors (Lipinski definition) is 5. The summed E-state index contributed by atoms with van der Waals surface area (Å²) in [6.07, 6.45) is 0. The molecule has 6 nitrogen and oxygen atoms in total. The van der Waals surface area contributed by atoms with Crippen LogP contribution in [0.3, 0.4) is 0 Å². The van der Waals surface area contributed by atoms with Crippen molar-refractivity contribution in [2.75, 3.05) is 18.8 Å². The molecule has 0 heterocycles. The predicted molar refractivity (Wildman–Crippen MR) is 56.8 cm³/mol. The summed E-state index contributed by atoms with van der Waals surface area (Å²) in [5.41, 5.74) is 10.4. The summed E-state index contributed by atoms with van der Waals surface area (Å²) in [6, 6.07) is 4.04. The van der Waals surface area contributed by atoms with Crippen LogP contribution in [0.1, 0.15) is 0 Å². The van der Waals surface area contributed by atoms with Crippen LogP contribution < -0.4 is 16.2 Å². The topological polar surface area (TPSA) is 118 Å². The minimum absolute atomic E-state index is 0.122. The SMILES string of the molecule is NCCNS(=O)(=O)c1cccc(O)c1N. The first-order valence-corrected chi connectivity index (χ1v) is 5.74. The molecule has 0 unspecified atom stereocenters. The highest BCUT2D eigenvalue weighted by Crippen LogP contribution is 2.26. The Morgan fingerprint density at radius 2 is 2.07 bits per heavy atom. The number of sulfonamides is 1. The first-order valence-electron chi connectivity index (χ1n) is 4.26. The summed E-state index contributed by atoms with van der Waals surface area (Å²) in [5, 5.41) is 9.25. The lowest BCUT2D eigenvalue weighted by Crippen LogP contribution is -2.29. The van der Waals surface area contributed by atoms with Crippen LogP contribution >= 0.6 is 0 Å². The zero-order valence-electron chi connectivity index (χ0n) is 7.97. The highest BCUT2D eigenvalue weighted by molar-refractivity contribution is 7.89. The van der Waals surface area contributed by atoms with Crippen LogP contribution in [0, 0.1) is 0 Å². The molecule has 0 aromatic heterocycles. The van der Waals surface area contributed by atoms with E-state index in [1.54, 1.807) is 0 Å². The molecule has 6 N–H and O–H groups in total. The zero-order chi connectivity index (χ0) is 11.5. The normalized spacial score (nSPS) is 11.5. The standard InChI is InChI=1S/C8H13N3O3S/c9-4-5-11-15(13,14)7-3-1-2-6(12)8(7)10/h1-3,11-12H,4-5,9-10H2. The van der Waals surface area contributed by atoms with Crippen LogP contribution in [0.4, 0.5) is 5.69 Å². The molecular formula is C8H13N3O3S. The number of nitrogen functional groups attached to an aromatic ring is 1. The largest absolute Gasteiger partial charge is 0.506 e. The van der Waals surface area contributed by atoms with Gasteiger partial charge in [-0.25, -0.2) is 13.1 Å². The molecule has 0 fully saturated rings. The second-order valence-corrected chi connectivity index (χ2v) is 4.61. The van der Waals surface area contributed by atoms with Gasteiger partial charge in [0.25, 0.3) is 0 Å². The number of phenolic OH excluding ortho intramolecular Hbond substituents is 1. The monoisotopic (exact) mass is 231 g/mol. The average molecular weight is 231 g/mol. The van der Waals surface area contributed by atoms with E-state index in [4.69, 9.17) is 11.5 Å². The van der Waals surface area contributed by atoms with Crippen molar-refractivity contribution in [3.8, 4) is 5.75 Å². The van der Waals surface area contributed by atoms with E-state index in [9.17, 15) is 13.5 Å². The summed E-state index contributed by atoms with van der Waals surface area (Å²) in [7, 11) is -3.69. The summed E-state index contributed by atoms with van der Waals surface area (Å²) < 4.78 is 25.5. The molecule has 7 heteroatoms. The third-order valence-corrected chi connectivity index (χ3v) is 3.29. The number of anilines is 1. The average Bonchev–Trinajstić information content (AvgIpc) is 2.19. The number of rotatable bonds is 4. The summed E-state index contributed by atoms with van der Waals surface area (Å²) >= 11 is 0. The van der Waals surface area contributed by atoms with Gasteiger partial charge in [0.1, 0.15) is 10.6 Å². The van der Waals surface area contributed by atoms with Crippen molar-refractivity contribution in [1.82, 2.24) is 4.72 Å². The summed E-state index contributed by atoms with van der Waals surface area (Å²) in [5.74, 6) is -0.259. The van der Waals surface area contributed by atoms with E-state index >= 15 is 0 Å². The second kappa shape index (κ2) is 4.47. The lowest BCUT2D eigenvalue weighted by molar-refractivity contribution is 0.476. The van der Waals surface area contributed by atoms with Gasteiger partial charge in [-0.15, -0.1) is 0 Å². The van der Waals surface area contributed by atoms with Gasteiger partial charge in [0, 0.05) is 13.1 Å². The van der Waals surface area contributed by atoms with Crippen molar-refractivity contribution >= 4 is 15.7 Å². The molecule has 1 aromatic rings. The van der Waals surface area contributed by atoms with E-state index in [2.05, 4.69) is 4.72 Å². The number of benzene rings is 1. The van der Waals surface area contributed by atoms with Gasteiger partial charge in [-0.1, -0.05) is 6.07 Å². The van der Waals surface area contributed by atoms with Crippen LogP contribution in [-0.4, -0.2) is 26.6 Å². The number of aromatic hydroxyl groups is 1. The van der Waals surface area contributed by atoms with Crippen LogP contribution in [0.2, 0.25) is 0 Å². The lowest BCUT2D eigenvalue weighted by atomic mass is 10.3. The van der Waals surface area contributed by atoms with Gasteiger partial charge in [-0.2, -0.15) is 0 Å². The van der Waals surface area contributed by atoms with Gasteiger partial charge < -0.3 is 16.6 Å². The van der Waals surface area contributed by atoms with Crippen LogP contribution in [0.25, 0.3) is 0 Å². The zero-order valence-corrected chi connectivity index (χ0v) is 8.79. The van der Waals surface area contributed by atoms with Crippen molar-refractivity contribution in [3.05, 3.63) is 18.2 Å². The number of nitrogens with one attached hydrogen (secondary N) is 1. The molecule has 1 rings (SSSR count). The number of nitrogens with two attached hydrogens (primary N) is 2. The fourth-order valence-corrected chi connectivity index (χ4v) is 2.23. The maximum atomic E-state index is 11.6. The molecule has 0 saturated heterocycles. The van der Waals surface area contributed by atoms with Crippen LogP contribution in [0.5, 0.6) is 5.75 Å². The highest BCUT2D eigenvalue weighted by atomic mass is 32.2. The highest BCUT2D eigenvalue weighted by Gasteiger charge is 2.18. The maximum absolute atomic E-state index is 11.6. The van der Waals surface area contributed by atoms with Crippen molar-refractivity contribution in [3.63, 3.8) is 0 Å². The van der Waals surface area contributed by atoms with Gasteiger partial charge >= 0.3 is 0 Å². The number of phenols is 1. The molecular weight excluding hydrogens is 218 g/mol. The molecule has 15 heavy (non-hydrogen) atoms. The first-order chi connectivity index (χ1) is 6.99. The van der Waals surface area contributed by atoms with E-state index < -0.39 is 10.0 Å². The lowest BCUT2D eigenvalue weighted by Gasteiger charge is -2.08. The Kier molecular flexibility index (Phi) is 3.51.